The van der Waals surface area contributed by atoms with Crippen LogP contribution in [0, 0.1) is 5.92 Å². The summed E-state index contributed by atoms with van der Waals surface area (Å²) < 4.78 is 0. The first-order valence-corrected chi connectivity index (χ1v) is 10.3. The van der Waals surface area contributed by atoms with Crippen molar-refractivity contribution in [2.45, 2.75) is 50.9 Å². The van der Waals surface area contributed by atoms with Gasteiger partial charge in [-0.05, 0) is 42.9 Å². The Morgan fingerprint density at radius 1 is 1.11 bits per heavy atom. The number of hydrogen-bond acceptors (Lipinski definition) is 5. The van der Waals surface area contributed by atoms with Crippen molar-refractivity contribution in [2.75, 3.05) is 19.6 Å². The van der Waals surface area contributed by atoms with Gasteiger partial charge in [0, 0.05) is 44.2 Å². The first-order chi connectivity index (χ1) is 13.6. The quantitative estimate of drug-likeness (QED) is 0.750. The SMILES string of the molecule is O=C1CCC(N2Cc3cccc(CN4CC5CCNC(C5)C4)c3C2=O)C(=O)N1. The van der Waals surface area contributed by atoms with E-state index in [1.54, 1.807) is 4.90 Å². The zero-order chi connectivity index (χ0) is 19.3. The van der Waals surface area contributed by atoms with Crippen LogP contribution in [0.2, 0.25) is 0 Å². The van der Waals surface area contributed by atoms with Gasteiger partial charge in [0.05, 0.1) is 0 Å². The standard InChI is InChI=1S/C21H26N4O3/c26-18-5-4-17(20(27)23-18)25-11-15-3-1-2-14(19(15)21(25)28)10-24-9-13-6-7-22-16(8-13)12-24/h1-3,13,16-17,22H,4-12H2,(H,23,26,27). The van der Waals surface area contributed by atoms with Crippen molar-refractivity contribution >= 4 is 17.7 Å². The summed E-state index contributed by atoms with van der Waals surface area (Å²) in [6.45, 7) is 4.44. The lowest BCUT2D eigenvalue weighted by Crippen LogP contribution is -2.53. The Hall–Kier alpha value is -2.25. The Kier molecular flexibility index (Phi) is 4.44. The second kappa shape index (κ2) is 6.97. The third-order valence-corrected chi connectivity index (χ3v) is 6.63. The molecule has 5 rings (SSSR count). The molecule has 0 aliphatic carbocycles. The normalized spacial score (nSPS) is 30.4. The first kappa shape index (κ1) is 17.8. The molecule has 28 heavy (non-hydrogen) atoms. The van der Waals surface area contributed by atoms with Crippen molar-refractivity contribution in [3.63, 3.8) is 0 Å². The van der Waals surface area contributed by atoms with Gasteiger partial charge in [0.1, 0.15) is 6.04 Å². The molecule has 0 aromatic heterocycles. The van der Waals surface area contributed by atoms with Crippen molar-refractivity contribution in [2.24, 2.45) is 5.92 Å². The minimum absolute atomic E-state index is 0.0737. The van der Waals surface area contributed by atoms with Gasteiger partial charge < -0.3 is 10.2 Å². The molecular formula is C21H26N4O3. The summed E-state index contributed by atoms with van der Waals surface area (Å²) in [6, 6.07) is 6.04. The number of carbonyl (C=O) groups excluding carboxylic acids is 3. The van der Waals surface area contributed by atoms with Crippen molar-refractivity contribution in [3.05, 3.63) is 34.9 Å². The van der Waals surface area contributed by atoms with Gasteiger partial charge in [-0.15, -0.1) is 0 Å². The number of imide groups is 1. The van der Waals surface area contributed by atoms with E-state index in [1.165, 1.54) is 12.8 Å². The van der Waals surface area contributed by atoms with Crippen LogP contribution in [0.3, 0.4) is 0 Å². The van der Waals surface area contributed by atoms with Crippen molar-refractivity contribution in [1.82, 2.24) is 20.4 Å². The van der Waals surface area contributed by atoms with Crippen LogP contribution in [0.25, 0.3) is 0 Å². The summed E-state index contributed by atoms with van der Waals surface area (Å²) in [7, 11) is 0. The Bertz CT molecular complexity index is 827. The first-order valence-electron chi connectivity index (χ1n) is 10.3. The molecule has 3 unspecified atom stereocenters. The zero-order valence-electron chi connectivity index (χ0n) is 15.9. The van der Waals surface area contributed by atoms with E-state index in [-0.39, 0.29) is 24.1 Å². The van der Waals surface area contributed by atoms with E-state index in [4.69, 9.17) is 0 Å². The van der Waals surface area contributed by atoms with E-state index in [1.807, 2.05) is 18.2 Å². The van der Waals surface area contributed by atoms with E-state index in [2.05, 4.69) is 15.5 Å². The molecule has 3 saturated heterocycles. The number of nitrogens with one attached hydrogen (secondary N) is 2. The van der Waals surface area contributed by atoms with Crippen LogP contribution in [0.15, 0.2) is 18.2 Å². The van der Waals surface area contributed by atoms with Gasteiger partial charge in [0.2, 0.25) is 11.8 Å². The Morgan fingerprint density at radius 2 is 2.00 bits per heavy atom. The summed E-state index contributed by atoms with van der Waals surface area (Å²) in [5, 5.41) is 5.97. The minimum atomic E-state index is -0.552. The molecule has 2 N–H and O–H groups in total. The maximum atomic E-state index is 13.2. The van der Waals surface area contributed by atoms with Gasteiger partial charge in [-0.25, -0.2) is 0 Å². The molecule has 4 aliphatic rings. The number of piperidine rings is 3. The minimum Gasteiger partial charge on any atom is -0.322 e. The highest BCUT2D eigenvalue weighted by Crippen LogP contribution is 2.31. The van der Waals surface area contributed by atoms with Gasteiger partial charge in [0.25, 0.3) is 5.91 Å². The lowest BCUT2D eigenvalue weighted by atomic mass is 9.87. The topological polar surface area (TPSA) is 81.8 Å². The van der Waals surface area contributed by atoms with Crippen LogP contribution in [0.5, 0.6) is 0 Å². The van der Waals surface area contributed by atoms with Gasteiger partial charge >= 0.3 is 0 Å². The summed E-state index contributed by atoms with van der Waals surface area (Å²) in [5.41, 5.74) is 2.80. The fraction of sp³-hybridized carbons (Fsp3) is 0.571. The van der Waals surface area contributed by atoms with Crippen LogP contribution in [0.4, 0.5) is 0 Å². The zero-order valence-corrected chi connectivity index (χ0v) is 15.9. The molecule has 148 valence electrons. The van der Waals surface area contributed by atoms with Gasteiger partial charge in [-0.3, -0.25) is 24.6 Å². The number of likely N-dealkylation sites (tertiary alicyclic amines) is 1. The number of benzene rings is 1. The molecule has 1 aromatic carbocycles. The second-order valence-electron chi connectivity index (χ2n) is 8.59. The van der Waals surface area contributed by atoms with Crippen molar-refractivity contribution < 1.29 is 14.4 Å². The van der Waals surface area contributed by atoms with Crippen LogP contribution in [-0.2, 0) is 22.7 Å². The van der Waals surface area contributed by atoms with Gasteiger partial charge in [0.15, 0.2) is 0 Å². The maximum Gasteiger partial charge on any atom is 0.255 e. The van der Waals surface area contributed by atoms with E-state index in [0.717, 1.165) is 48.8 Å². The number of amides is 3. The van der Waals surface area contributed by atoms with E-state index < -0.39 is 6.04 Å². The molecule has 4 heterocycles. The molecule has 0 saturated carbocycles. The molecule has 3 fully saturated rings. The number of nitrogens with zero attached hydrogens (tertiary/aromatic N) is 2. The van der Waals surface area contributed by atoms with Crippen molar-refractivity contribution in [1.29, 1.82) is 0 Å². The number of carbonyl (C=O) groups is 3. The molecule has 1 aromatic rings. The molecule has 7 heteroatoms. The summed E-state index contributed by atoms with van der Waals surface area (Å²) >= 11 is 0. The Balaban J connectivity index is 1.35. The highest BCUT2D eigenvalue weighted by Gasteiger charge is 2.40. The van der Waals surface area contributed by atoms with Gasteiger partial charge in [-0.2, -0.15) is 0 Å². The van der Waals surface area contributed by atoms with Crippen LogP contribution < -0.4 is 10.6 Å². The smallest absolute Gasteiger partial charge is 0.255 e. The Labute approximate surface area is 164 Å². The molecule has 2 bridgehead atoms. The molecule has 3 atom stereocenters. The average molecular weight is 382 g/mol. The summed E-state index contributed by atoms with van der Waals surface area (Å²) in [4.78, 5) is 41.0. The molecule has 3 amide bonds. The predicted octanol–water partition coefficient (Wildman–Crippen LogP) is 0.631. The van der Waals surface area contributed by atoms with Crippen LogP contribution >= 0.6 is 0 Å². The Morgan fingerprint density at radius 3 is 2.82 bits per heavy atom. The fourth-order valence-electron chi connectivity index (χ4n) is 5.34. The van der Waals surface area contributed by atoms with Crippen LogP contribution in [-0.4, -0.2) is 59.2 Å². The van der Waals surface area contributed by atoms with E-state index in [0.29, 0.717) is 19.0 Å². The molecule has 7 nitrogen and oxygen atoms in total. The maximum absolute atomic E-state index is 13.2. The van der Waals surface area contributed by atoms with Crippen LogP contribution in [0.1, 0.15) is 47.2 Å². The van der Waals surface area contributed by atoms with E-state index in [9.17, 15) is 14.4 Å². The monoisotopic (exact) mass is 382 g/mol. The van der Waals surface area contributed by atoms with E-state index >= 15 is 0 Å². The molecule has 0 spiro atoms. The number of rotatable bonds is 3. The lowest BCUT2D eigenvalue weighted by molar-refractivity contribution is -0.136. The van der Waals surface area contributed by atoms with Crippen molar-refractivity contribution in [3.8, 4) is 0 Å². The largest absolute Gasteiger partial charge is 0.322 e. The average Bonchev–Trinajstić information content (AvgIpc) is 2.99. The third kappa shape index (κ3) is 3.12. The second-order valence-corrected chi connectivity index (χ2v) is 8.59. The predicted molar refractivity (Wildman–Crippen MR) is 102 cm³/mol. The third-order valence-electron chi connectivity index (χ3n) is 6.63. The lowest BCUT2D eigenvalue weighted by Gasteiger charge is -2.42. The molecule has 0 radical (unpaired) electrons. The highest BCUT2D eigenvalue weighted by atomic mass is 16.2. The summed E-state index contributed by atoms with van der Waals surface area (Å²) in [6.07, 6.45) is 3.17. The number of fused-ring (bicyclic) bond motifs is 3. The highest BCUT2D eigenvalue weighted by molar-refractivity contribution is 6.05. The number of hydrogen-bond donors (Lipinski definition) is 2. The summed E-state index contributed by atoms with van der Waals surface area (Å²) in [5.74, 6) is 0.0621. The molecular weight excluding hydrogens is 356 g/mol. The van der Waals surface area contributed by atoms with Gasteiger partial charge in [-0.1, -0.05) is 18.2 Å². The fourth-order valence-corrected chi connectivity index (χ4v) is 5.34. The molecule has 4 aliphatic heterocycles.